The summed E-state index contributed by atoms with van der Waals surface area (Å²) in [6.07, 6.45) is 3.70. The summed E-state index contributed by atoms with van der Waals surface area (Å²) in [5, 5.41) is 10.6. The van der Waals surface area contributed by atoms with Crippen LogP contribution in [-0.4, -0.2) is 22.7 Å². The van der Waals surface area contributed by atoms with Gasteiger partial charge in [-0.15, -0.1) is 0 Å². The molecule has 0 spiro atoms. The third-order valence-electron chi connectivity index (χ3n) is 3.13. The lowest BCUT2D eigenvalue weighted by Gasteiger charge is -2.09. The molecule has 0 saturated heterocycles. The van der Waals surface area contributed by atoms with Crippen LogP contribution in [0.5, 0.6) is 0 Å². The van der Waals surface area contributed by atoms with Crippen molar-refractivity contribution in [2.24, 2.45) is 7.05 Å². The van der Waals surface area contributed by atoms with Crippen molar-refractivity contribution in [2.75, 3.05) is 12.4 Å². The molecule has 0 bridgehead atoms. The summed E-state index contributed by atoms with van der Waals surface area (Å²) in [4.78, 5) is 13.7. The summed E-state index contributed by atoms with van der Waals surface area (Å²) in [6, 6.07) is 3.42. The first-order valence-electron chi connectivity index (χ1n) is 6.06. The number of hydrogen-bond acceptors (Lipinski definition) is 4. The number of anilines is 1. The number of halogens is 1. The van der Waals surface area contributed by atoms with Gasteiger partial charge in [0.15, 0.2) is 0 Å². The van der Waals surface area contributed by atoms with Crippen molar-refractivity contribution >= 4 is 35.0 Å². The van der Waals surface area contributed by atoms with E-state index in [1.54, 1.807) is 17.9 Å². The SMILES string of the molecule is CNC1C(=O)Nc2cc(Sc3cnn(C)c3)c(Cl)cc21. The number of aryl methyl sites for hydroxylation is 1. The predicted octanol–water partition coefficient (Wildman–Crippen LogP) is 2.44. The van der Waals surface area contributed by atoms with Gasteiger partial charge in [0.1, 0.15) is 6.04 Å². The lowest BCUT2D eigenvalue weighted by Crippen LogP contribution is -2.23. The smallest absolute Gasteiger partial charge is 0.246 e. The molecule has 1 aromatic heterocycles. The largest absolute Gasteiger partial charge is 0.324 e. The van der Waals surface area contributed by atoms with Crippen LogP contribution in [0.3, 0.4) is 0 Å². The molecule has 1 aromatic carbocycles. The second-order valence-electron chi connectivity index (χ2n) is 4.53. The zero-order valence-corrected chi connectivity index (χ0v) is 12.5. The van der Waals surface area contributed by atoms with Crippen LogP contribution in [0, 0.1) is 0 Å². The third-order valence-corrected chi connectivity index (χ3v) is 4.56. The summed E-state index contributed by atoms with van der Waals surface area (Å²) in [5.41, 5.74) is 1.70. The van der Waals surface area contributed by atoms with Crippen molar-refractivity contribution in [3.63, 3.8) is 0 Å². The molecule has 1 amide bonds. The van der Waals surface area contributed by atoms with Crippen LogP contribution < -0.4 is 10.6 Å². The highest BCUT2D eigenvalue weighted by Gasteiger charge is 2.30. The maximum absolute atomic E-state index is 11.8. The number of rotatable bonds is 3. The van der Waals surface area contributed by atoms with Crippen molar-refractivity contribution in [1.82, 2.24) is 15.1 Å². The maximum atomic E-state index is 11.8. The fraction of sp³-hybridized carbons (Fsp3) is 0.231. The van der Waals surface area contributed by atoms with E-state index in [1.165, 1.54) is 11.8 Å². The van der Waals surface area contributed by atoms with Crippen LogP contribution in [-0.2, 0) is 11.8 Å². The Kier molecular flexibility index (Phi) is 3.45. The normalized spacial score (nSPS) is 17.1. The van der Waals surface area contributed by atoms with Crippen LogP contribution in [0.25, 0.3) is 0 Å². The molecule has 0 radical (unpaired) electrons. The fourth-order valence-corrected chi connectivity index (χ4v) is 3.39. The molecule has 2 aromatic rings. The second kappa shape index (κ2) is 5.12. The van der Waals surface area contributed by atoms with Gasteiger partial charge in [0.25, 0.3) is 0 Å². The summed E-state index contributed by atoms with van der Waals surface area (Å²) in [7, 11) is 3.62. The Balaban J connectivity index is 1.95. The number of hydrogen-bond donors (Lipinski definition) is 2. The topological polar surface area (TPSA) is 59.0 Å². The molecule has 7 heteroatoms. The summed E-state index contributed by atoms with van der Waals surface area (Å²) >= 11 is 7.84. The number of benzene rings is 1. The Bertz CT molecular complexity index is 685. The first-order valence-corrected chi connectivity index (χ1v) is 7.26. The zero-order chi connectivity index (χ0) is 14.3. The minimum atomic E-state index is -0.333. The van der Waals surface area contributed by atoms with Crippen LogP contribution in [0.1, 0.15) is 11.6 Å². The molecule has 3 rings (SSSR count). The molecule has 1 atom stereocenters. The van der Waals surface area contributed by atoms with E-state index in [0.717, 1.165) is 21.0 Å². The third kappa shape index (κ3) is 2.30. The number of aromatic nitrogens is 2. The monoisotopic (exact) mass is 308 g/mol. The maximum Gasteiger partial charge on any atom is 0.246 e. The highest BCUT2D eigenvalue weighted by atomic mass is 35.5. The Hall–Kier alpha value is -1.50. The van der Waals surface area contributed by atoms with Gasteiger partial charge in [-0.25, -0.2) is 0 Å². The Morgan fingerprint density at radius 1 is 1.50 bits per heavy atom. The lowest BCUT2D eigenvalue weighted by molar-refractivity contribution is -0.117. The molecule has 5 nitrogen and oxygen atoms in total. The van der Waals surface area contributed by atoms with Gasteiger partial charge >= 0.3 is 0 Å². The lowest BCUT2D eigenvalue weighted by atomic mass is 10.1. The average Bonchev–Trinajstić information content (AvgIpc) is 2.93. The summed E-state index contributed by atoms with van der Waals surface area (Å²) in [6.45, 7) is 0. The fourth-order valence-electron chi connectivity index (χ4n) is 2.21. The highest BCUT2D eigenvalue weighted by Crippen LogP contribution is 2.40. The van der Waals surface area contributed by atoms with E-state index in [-0.39, 0.29) is 11.9 Å². The minimum absolute atomic E-state index is 0.0536. The molecule has 1 aliphatic rings. The number of fused-ring (bicyclic) bond motifs is 1. The molecule has 20 heavy (non-hydrogen) atoms. The molecule has 2 N–H and O–H groups in total. The Labute approximate surface area is 125 Å². The minimum Gasteiger partial charge on any atom is -0.324 e. The first kappa shape index (κ1) is 13.5. The van der Waals surface area contributed by atoms with E-state index >= 15 is 0 Å². The molecule has 0 fully saturated rings. The van der Waals surface area contributed by atoms with E-state index in [0.29, 0.717) is 5.02 Å². The van der Waals surface area contributed by atoms with E-state index in [4.69, 9.17) is 11.6 Å². The van der Waals surface area contributed by atoms with Gasteiger partial charge in [-0.3, -0.25) is 9.48 Å². The predicted molar refractivity (Wildman–Crippen MR) is 79.2 cm³/mol. The number of nitrogens with zero attached hydrogens (tertiary/aromatic N) is 2. The Morgan fingerprint density at radius 3 is 2.95 bits per heavy atom. The van der Waals surface area contributed by atoms with E-state index in [9.17, 15) is 4.79 Å². The average molecular weight is 309 g/mol. The highest BCUT2D eigenvalue weighted by molar-refractivity contribution is 7.99. The van der Waals surface area contributed by atoms with Crippen molar-refractivity contribution in [3.8, 4) is 0 Å². The van der Waals surface area contributed by atoms with Gasteiger partial charge < -0.3 is 10.6 Å². The van der Waals surface area contributed by atoms with E-state index < -0.39 is 0 Å². The van der Waals surface area contributed by atoms with Gasteiger partial charge in [0, 0.05) is 29.4 Å². The number of carbonyl (C=O) groups is 1. The molecule has 0 aliphatic carbocycles. The zero-order valence-electron chi connectivity index (χ0n) is 11.0. The number of nitrogens with one attached hydrogen (secondary N) is 2. The molecule has 2 heterocycles. The van der Waals surface area contributed by atoms with E-state index in [1.807, 2.05) is 25.4 Å². The van der Waals surface area contributed by atoms with Gasteiger partial charge in [0.05, 0.1) is 16.1 Å². The standard InChI is InChI=1S/C13H13ClN4OS/c1-15-12-8-3-9(14)11(4-10(8)17-13(12)19)20-7-5-16-18(2)6-7/h3-6,12,15H,1-2H3,(H,17,19). The molecule has 104 valence electrons. The van der Waals surface area contributed by atoms with Gasteiger partial charge in [-0.05, 0) is 19.2 Å². The summed E-state index contributed by atoms with van der Waals surface area (Å²) in [5.74, 6) is -0.0536. The van der Waals surface area contributed by atoms with Gasteiger partial charge in [0.2, 0.25) is 5.91 Å². The van der Waals surface area contributed by atoms with Gasteiger partial charge in [-0.2, -0.15) is 5.10 Å². The van der Waals surface area contributed by atoms with Crippen LogP contribution >= 0.6 is 23.4 Å². The molecular formula is C13H13ClN4OS. The molecule has 1 aliphatic heterocycles. The second-order valence-corrected chi connectivity index (χ2v) is 6.06. The number of carbonyl (C=O) groups excluding carboxylic acids is 1. The Morgan fingerprint density at radius 2 is 2.30 bits per heavy atom. The molecule has 1 unspecified atom stereocenters. The number of likely N-dealkylation sites (N-methyl/N-ethyl adjacent to an activating group) is 1. The van der Waals surface area contributed by atoms with Gasteiger partial charge in [-0.1, -0.05) is 23.4 Å². The van der Waals surface area contributed by atoms with Crippen molar-refractivity contribution in [2.45, 2.75) is 15.8 Å². The van der Waals surface area contributed by atoms with Crippen molar-refractivity contribution in [3.05, 3.63) is 35.1 Å². The molecule has 0 saturated carbocycles. The van der Waals surface area contributed by atoms with Crippen LogP contribution in [0.15, 0.2) is 34.3 Å². The quantitative estimate of drug-likeness (QED) is 0.914. The first-order chi connectivity index (χ1) is 9.58. The van der Waals surface area contributed by atoms with Crippen LogP contribution in [0.2, 0.25) is 5.02 Å². The van der Waals surface area contributed by atoms with E-state index in [2.05, 4.69) is 15.7 Å². The van der Waals surface area contributed by atoms with Crippen molar-refractivity contribution < 1.29 is 4.79 Å². The van der Waals surface area contributed by atoms with Crippen molar-refractivity contribution in [1.29, 1.82) is 0 Å². The summed E-state index contributed by atoms with van der Waals surface area (Å²) < 4.78 is 1.74. The van der Waals surface area contributed by atoms with Crippen LogP contribution in [0.4, 0.5) is 5.69 Å². The molecular weight excluding hydrogens is 296 g/mol. The number of amides is 1.